The Balaban J connectivity index is 0.000000212. The molecule has 0 saturated heterocycles. The van der Waals surface area contributed by atoms with Crippen molar-refractivity contribution in [3.63, 3.8) is 0 Å². The van der Waals surface area contributed by atoms with Gasteiger partial charge < -0.3 is 13.9 Å². The van der Waals surface area contributed by atoms with Gasteiger partial charge >= 0.3 is 23.9 Å². The molecule has 2 N–H and O–H groups in total. The molecule has 0 spiro atoms. The summed E-state index contributed by atoms with van der Waals surface area (Å²) in [5.74, 6) is -7.91. The predicted molar refractivity (Wildman–Crippen MR) is 209 cm³/mol. The Kier molecular flexibility index (Phi) is 13.0. The van der Waals surface area contributed by atoms with Crippen LogP contribution in [0.2, 0.25) is 0 Å². The molecule has 326 valence electrons. The first kappa shape index (κ1) is 45.4. The van der Waals surface area contributed by atoms with E-state index in [1.54, 1.807) is 0 Å². The summed E-state index contributed by atoms with van der Waals surface area (Å²) in [6.45, 7) is 3.42. The Labute approximate surface area is 353 Å². The minimum Gasteiger partial charge on any atom is -0.489 e. The van der Waals surface area contributed by atoms with Gasteiger partial charge in [0.2, 0.25) is 0 Å². The zero-order chi connectivity index (χ0) is 46.0. The van der Waals surface area contributed by atoms with Gasteiger partial charge in [-0.2, -0.15) is 26.3 Å². The van der Waals surface area contributed by atoms with Crippen LogP contribution in [0.5, 0.6) is 5.75 Å². The normalized spacial score (nSPS) is 11.5. The lowest BCUT2D eigenvalue weighted by molar-refractivity contribution is -0.138. The number of anilines is 2. The number of hydrogen-bond acceptors (Lipinski definition) is 11. The third kappa shape index (κ3) is 9.83. The molecule has 3 heterocycles. The molecular formula is C40H22F10N4O7S2. The number of methoxy groups -OCH3 is 1. The Morgan fingerprint density at radius 3 is 1.81 bits per heavy atom. The Bertz CT molecular complexity index is 2960. The molecule has 23 heteroatoms. The maximum absolute atomic E-state index is 13.9. The molecule has 0 aliphatic heterocycles. The predicted octanol–water partition coefficient (Wildman–Crippen LogP) is 10.7. The molecule has 7 rings (SSSR count). The molecule has 0 aliphatic rings. The molecule has 2 amide bonds. The SMILES string of the molecule is C=CCOc1ccc(C(F)(F)F)cc1-c1sc(NC(=O)c2c(F)cccc2F)nc1C(=O)OC.O=C(Nc1nc2c(=O)oc3ccc(C(F)(F)F)cc3c2s1)c1c(F)cccc1F. The number of amides is 2. The van der Waals surface area contributed by atoms with Crippen LogP contribution in [0, 0.1) is 23.3 Å². The van der Waals surface area contributed by atoms with Crippen LogP contribution in [0.1, 0.15) is 42.3 Å². The van der Waals surface area contributed by atoms with Gasteiger partial charge in [0.15, 0.2) is 21.5 Å². The lowest BCUT2D eigenvalue weighted by Crippen LogP contribution is -2.16. The summed E-state index contributed by atoms with van der Waals surface area (Å²) in [6, 6.07) is 10.8. The van der Waals surface area contributed by atoms with Gasteiger partial charge in [-0.25, -0.2) is 37.1 Å². The van der Waals surface area contributed by atoms with Gasteiger partial charge in [0.25, 0.3) is 11.8 Å². The fraction of sp³-hybridized carbons (Fsp3) is 0.100. The summed E-state index contributed by atoms with van der Waals surface area (Å²) in [6.07, 6.45) is -7.97. The number of ether oxygens (including phenoxy) is 2. The van der Waals surface area contributed by atoms with E-state index in [-0.39, 0.29) is 54.2 Å². The number of alkyl halides is 6. The summed E-state index contributed by atoms with van der Waals surface area (Å²) in [5.41, 5.74) is -5.68. The number of fused-ring (bicyclic) bond motifs is 3. The molecule has 0 aliphatic carbocycles. The van der Waals surface area contributed by atoms with Crippen LogP contribution in [0.4, 0.5) is 54.2 Å². The fourth-order valence-electron chi connectivity index (χ4n) is 5.51. The molecule has 3 aromatic heterocycles. The highest BCUT2D eigenvalue weighted by Crippen LogP contribution is 2.43. The van der Waals surface area contributed by atoms with E-state index in [4.69, 9.17) is 9.15 Å². The van der Waals surface area contributed by atoms with E-state index in [1.807, 2.05) is 0 Å². The zero-order valence-corrected chi connectivity index (χ0v) is 32.9. The summed E-state index contributed by atoms with van der Waals surface area (Å²) < 4.78 is 149. The molecule has 0 bridgehead atoms. The maximum Gasteiger partial charge on any atom is 0.416 e. The first-order valence-corrected chi connectivity index (χ1v) is 18.8. The van der Waals surface area contributed by atoms with E-state index in [2.05, 4.69) is 31.9 Å². The number of benzene rings is 4. The number of halogens is 10. The van der Waals surface area contributed by atoms with Crippen molar-refractivity contribution < 1.29 is 72.2 Å². The highest BCUT2D eigenvalue weighted by molar-refractivity contribution is 7.23. The Morgan fingerprint density at radius 1 is 0.762 bits per heavy atom. The zero-order valence-electron chi connectivity index (χ0n) is 31.3. The second-order valence-electron chi connectivity index (χ2n) is 12.4. The largest absolute Gasteiger partial charge is 0.489 e. The summed E-state index contributed by atoms with van der Waals surface area (Å²) in [4.78, 5) is 56.6. The van der Waals surface area contributed by atoms with Gasteiger partial charge in [-0.15, -0.1) is 0 Å². The fourth-order valence-corrected chi connectivity index (χ4v) is 7.45. The molecular weight excluding hydrogens is 903 g/mol. The topological polar surface area (TPSA) is 150 Å². The molecule has 0 saturated carbocycles. The monoisotopic (exact) mass is 924 g/mol. The third-order valence-electron chi connectivity index (χ3n) is 8.31. The second-order valence-corrected chi connectivity index (χ2v) is 14.4. The highest BCUT2D eigenvalue weighted by Gasteiger charge is 2.34. The lowest BCUT2D eigenvalue weighted by Gasteiger charge is -2.13. The van der Waals surface area contributed by atoms with Gasteiger partial charge in [0.1, 0.15) is 52.3 Å². The number of esters is 1. The van der Waals surface area contributed by atoms with Gasteiger partial charge in [-0.3, -0.25) is 20.2 Å². The minimum atomic E-state index is -4.71. The average molecular weight is 925 g/mol. The van der Waals surface area contributed by atoms with Crippen LogP contribution in [-0.4, -0.2) is 41.5 Å². The van der Waals surface area contributed by atoms with Gasteiger partial charge in [-0.05, 0) is 60.7 Å². The van der Waals surface area contributed by atoms with Crippen LogP contribution in [-0.2, 0) is 17.1 Å². The van der Waals surface area contributed by atoms with Crippen molar-refractivity contribution in [2.24, 2.45) is 0 Å². The van der Waals surface area contributed by atoms with Crippen LogP contribution in [0.3, 0.4) is 0 Å². The van der Waals surface area contributed by atoms with E-state index in [0.717, 1.165) is 79.9 Å². The Hall–Kier alpha value is -7.14. The van der Waals surface area contributed by atoms with Crippen LogP contribution in [0.15, 0.2) is 94.7 Å². The summed E-state index contributed by atoms with van der Waals surface area (Å²) >= 11 is 1.28. The van der Waals surface area contributed by atoms with E-state index in [9.17, 15) is 63.1 Å². The maximum atomic E-state index is 13.9. The number of carbonyl (C=O) groups is 3. The van der Waals surface area contributed by atoms with Crippen molar-refractivity contribution in [2.75, 3.05) is 24.4 Å². The quantitative estimate of drug-likeness (QED) is 0.0624. The van der Waals surface area contributed by atoms with E-state index >= 15 is 0 Å². The van der Waals surface area contributed by atoms with Crippen molar-refractivity contribution in [1.82, 2.24) is 9.97 Å². The number of nitrogens with zero attached hydrogens (tertiary/aromatic N) is 2. The molecule has 0 fully saturated rings. The van der Waals surface area contributed by atoms with Crippen LogP contribution in [0.25, 0.3) is 31.6 Å². The van der Waals surface area contributed by atoms with E-state index < -0.39 is 87.0 Å². The van der Waals surface area contributed by atoms with Crippen LogP contribution >= 0.6 is 22.7 Å². The van der Waals surface area contributed by atoms with Crippen molar-refractivity contribution in [1.29, 1.82) is 0 Å². The standard InChI is InChI=1S/C22H15F5N2O4S.C18H7F5N2O3S/c1-3-9-33-15-8-7-11(22(25,26)27)10-12(15)18-17(20(31)32-2)28-21(34-18)29-19(30)16-13(23)5-4-6-14(16)24;19-9-2-1-3-10(20)12(9)15(26)25-17-24-13-14(29-17)8-6-7(18(21,22)23)4-5-11(8)28-16(13)27/h3-8,10H,1,9H2,2H3,(H,28,29,30);1-6H,(H,24,25,26). The Morgan fingerprint density at radius 2 is 1.29 bits per heavy atom. The van der Waals surface area contributed by atoms with E-state index in [0.29, 0.717) is 22.7 Å². The number of nitrogens with one attached hydrogen (secondary N) is 2. The number of hydrogen-bond donors (Lipinski definition) is 2. The molecule has 0 unspecified atom stereocenters. The van der Waals surface area contributed by atoms with Crippen molar-refractivity contribution >= 4 is 71.9 Å². The second kappa shape index (κ2) is 18.1. The van der Waals surface area contributed by atoms with Crippen LogP contribution < -0.4 is 21.0 Å². The molecule has 4 aromatic carbocycles. The first-order valence-electron chi connectivity index (χ1n) is 17.2. The number of rotatable bonds is 9. The third-order valence-corrected chi connectivity index (χ3v) is 10.3. The van der Waals surface area contributed by atoms with Gasteiger partial charge in [0, 0.05) is 10.9 Å². The van der Waals surface area contributed by atoms with Crippen molar-refractivity contribution in [3.05, 3.63) is 147 Å². The lowest BCUT2D eigenvalue weighted by atomic mass is 10.1. The summed E-state index contributed by atoms with van der Waals surface area (Å²) in [5, 5.41) is 3.73. The molecule has 0 radical (unpaired) electrons. The highest BCUT2D eigenvalue weighted by atomic mass is 32.1. The van der Waals surface area contributed by atoms with Crippen molar-refractivity contribution in [2.45, 2.75) is 12.4 Å². The molecule has 0 atom stereocenters. The molecule has 7 aromatic rings. The number of thiazole rings is 2. The smallest absolute Gasteiger partial charge is 0.416 e. The number of carbonyl (C=O) groups excluding carboxylic acids is 3. The van der Waals surface area contributed by atoms with Gasteiger partial charge in [-0.1, -0.05) is 47.5 Å². The minimum absolute atomic E-state index is 0.0280. The molecule has 63 heavy (non-hydrogen) atoms. The number of aromatic nitrogens is 2. The van der Waals surface area contributed by atoms with E-state index in [1.165, 1.54) is 6.08 Å². The van der Waals surface area contributed by atoms with Gasteiger partial charge in [0.05, 0.1) is 27.8 Å². The average Bonchev–Trinajstić information content (AvgIpc) is 3.84. The molecule has 11 nitrogen and oxygen atoms in total. The van der Waals surface area contributed by atoms with Crippen molar-refractivity contribution in [3.8, 4) is 16.2 Å². The summed E-state index contributed by atoms with van der Waals surface area (Å²) in [7, 11) is 1.03. The first-order chi connectivity index (χ1) is 29.7.